The summed E-state index contributed by atoms with van der Waals surface area (Å²) in [6, 6.07) is -2.70. The Morgan fingerprint density at radius 2 is 2.00 bits per heavy atom. The SMILES string of the molecule is C=C(C)CO[C@H](CC)[Si](Cl)(Cl)Cl. The smallest absolute Gasteiger partial charge is 0.369 e. The minimum Gasteiger partial charge on any atom is -0.373 e. The molecule has 0 fully saturated rings. The molecule has 0 aromatic carbocycles. The molecule has 0 aromatic heterocycles. The molecular weight excluding hydrogens is 235 g/mol. The zero-order chi connectivity index (χ0) is 9.78. The van der Waals surface area contributed by atoms with Crippen LogP contribution in [0.15, 0.2) is 12.2 Å². The Balaban J connectivity index is 3.92. The number of rotatable bonds is 5. The van der Waals surface area contributed by atoms with E-state index >= 15 is 0 Å². The summed E-state index contributed by atoms with van der Waals surface area (Å²) in [7, 11) is 0. The molecule has 0 unspecified atom stereocenters. The van der Waals surface area contributed by atoms with Gasteiger partial charge in [0.2, 0.25) is 0 Å². The highest BCUT2D eigenvalue weighted by molar-refractivity contribution is 7.65. The highest BCUT2D eigenvalue weighted by atomic mass is 35.8. The van der Waals surface area contributed by atoms with E-state index in [1.165, 1.54) is 0 Å². The van der Waals surface area contributed by atoms with Crippen molar-refractivity contribution in [1.82, 2.24) is 0 Å². The summed E-state index contributed by atoms with van der Waals surface area (Å²) in [5, 5.41) is 0. The maximum absolute atomic E-state index is 5.80. The Morgan fingerprint density at radius 3 is 2.25 bits per heavy atom. The van der Waals surface area contributed by atoms with Gasteiger partial charge in [-0.15, -0.1) is 33.2 Å². The van der Waals surface area contributed by atoms with Crippen molar-refractivity contribution < 1.29 is 4.74 Å². The maximum Gasteiger partial charge on any atom is 0.369 e. The van der Waals surface area contributed by atoms with Gasteiger partial charge in [0.05, 0.1) is 12.3 Å². The standard InChI is InChI=1S/C7H13Cl3OSi/c1-4-7(12(8,9)10)11-5-6(2)3/h7H,2,4-5H2,1,3H3/t7-/m0/s1. The van der Waals surface area contributed by atoms with Crippen LogP contribution in [0.25, 0.3) is 0 Å². The van der Waals surface area contributed by atoms with Gasteiger partial charge in [-0.25, -0.2) is 0 Å². The molecule has 0 aliphatic carbocycles. The maximum atomic E-state index is 5.80. The van der Waals surface area contributed by atoms with Crippen molar-refractivity contribution >= 4 is 39.2 Å². The second-order valence-electron chi connectivity index (χ2n) is 2.71. The molecule has 0 aromatic rings. The molecule has 1 atom stereocenters. The van der Waals surface area contributed by atoms with Gasteiger partial charge >= 0.3 is 6.00 Å². The summed E-state index contributed by atoms with van der Waals surface area (Å²) in [5.74, 6) is 0. The molecule has 5 heteroatoms. The van der Waals surface area contributed by atoms with Crippen LogP contribution in [-0.4, -0.2) is 18.3 Å². The summed E-state index contributed by atoms with van der Waals surface area (Å²) in [6.45, 7) is 8.00. The highest BCUT2D eigenvalue weighted by Gasteiger charge is 2.36. The first-order valence-electron chi connectivity index (χ1n) is 3.70. The van der Waals surface area contributed by atoms with Crippen LogP contribution in [0, 0.1) is 0 Å². The third kappa shape index (κ3) is 5.44. The van der Waals surface area contributed by atoms with Crippen molar-refractivity contribution in [3.8, 4) is 0 Å². The van der Waals surface area contributed by atoms with Gasteiger partial charge in [0.1, 0.15) is 0 Å². The van der Waals surface area contributed by atoms with Gasteiger partial charge in [0, 0.05) is 0 Å². The number of halogens is 3. The molecule has 0 rings (SSSR count). The molecule has 0 amide bonds. The first-order chi connectivity index (χ1) is 5.38. The summed E-state index contributed by atoms with van der Waals surface area (Å²) in [6.07, 6.45) is 0.732. The molecule has 0 bridgehead atoms. The average Bonchev–Trinajstić information content (AvgIpc) is 1.85. The molecule has 72 valence electrons. The topological polar surface area (TPSA) is 9.23 Å². The van der Waals surface area contributed by atoms with Crippen molar-refractivity contribution in [2.75, 3.05) is 6.61 Å². The molecule has 0 heterocycles. The van der Waals surface area contributed by atoms with Crippen LogP contribution in [0.2, 0.25) is 0 Å². The fourth-order valence-corrected chi connectivity index (χ4v) is 3.38. The van der Waals surface area contributed by atoms with Crippen LogP contribution in [0.1, 0.15) is 20.3 Å². The minimum atomic E-state index is -2.70. The Hall–Kier alpha value is 0.787. The fraction of sp³-hybridized carbons (Fsp3) is 0.714. The molecule has 0 radical (unpaired) electrons. The lowest BCUT2D eigenvalue weighted by Gasteiger charge is -2.20. The van der Waals surface area contributed by atoms with E-state index in [0.29, 0.717) is 6.61 Å². The molecule has 0 N–H and O–H groups in total. The Labute approximate surface area is 88.8 Å². The molecule has 0 aliphatic rings. The number of hydrogen-bond donors (Lipinski definition) is 0. The Morgan fingerprint density at radius 1 is 1.50 bits per heavy atom. The summed E-state index contributed by atoms with van der Waals surface area (Å²) in [5.41, 5.74) is 0.718. The van der Waals surface area contributed by atoms with E-state index in [4.69, 9.17) is 38.0 Å². The summed E-state index contributed by atoms with van der Waals surface area (Å²) in [4.78, 5) is 0. The second-order valence-corrected chi connectivity index (χ2v) is 11.5. The van der Waals surface area contributed by atoms with E-state index in [1.807, 2.05) is 13.8 Å². The Bertz CT molecular complexity index is 155. The monoisotopic (exact) mass is 246 g/mol. The minimum absolute atomic E-state index is 0.223. The van der Waals surface area contributed by atoms with Gasteiger partial charge in [-0.1, -0.05) is 19.1 Å². The zero-order valence-corrected chi connectivity index (χ0v) is 10.5. The number of hydrogen-bond acceptors (Lipinski definition) is 1. The molecular formula is C7H13Cl3OSi. The van der Waals surface area contributed by atoms with E-state index in [0.717, 1.165) is 12.0 Å². The van der Waals surface area contributed by atoms with Gasteiger partial charge in [0.15, 0.2) is 0 Å². The number of ether oxygens (including phenoxy) is 1. The lowest BCUT2D eigenvalue weighted by molar-refractivity contribution is 0.122. The van der Waals surface area contributed by atoms with Crippen molar-refractivity contribution in [3.63, 3.8) is 0 Å². The van der Waals surface area contributed by atoms with Gasteiger partial charge in [0.25, 0.3) is 0 Å². The van der Waals surface area contributed by atoms with Gasteiger partial charge in [-0.2, -0.15) is 0 Å². The van der Waals surface area contributed by atoms with Crippen LogP contribution >= 0.6 is 33.2 Å². The average molecular weight is 248 g/mol. The Kier molecular flexibility index (Phi) is 5.86. The van der Waals surface area contributed by atoms with Crippen LogP contribution in [0.4, 0.5) is 0 Å². The summed E-state index contributed by atoms with van der Waals surface area (Å²) >= 11 is 17.4. The zero-order valence-electron chi connectivity index (χ0n) is 7.24. The van der Waals surface area contributed by atoms with Crippen molar-refractivity contribution in [2.24, 2.45) is 0 Å². The third-order valence-corrected chi connectivity index (χ3v) is 4.76. The predicted octanol–water partition coefficient (Wildman–Crippen LogP) is 3.55. The quantitative estimate of drug-likeness (QED) is 0.410. The highest BCUT2D eigenvalue weighted by Crippen LogP contribution is 2.28. The van der Waals surface area contributed by atoms with Crippen molar-refractivity contribution in [3.05, 3.63) is 12.2 Å². The largest absolute Gasteiger partial charge is 0.373 e. The predicted molar refractivity (Wildman–Crippen MR) is 58.2 cm³/mol. The van der Waals surface area contributed by atoms with Gasteiger partial charge in [-0.3, -0.25) is 0 Å². The molecule has 0 aliphatic heterocycles. The van der Waals surface area contributed by atoms with Crippen molar-refractivity contribution in [1.29, 1.82) is 0 Å². The van der Waals surface area contributed by atoms with Gasteiger partial charge in [-0.05, 0) is 13.3 Å². The van der Waals surface area contributed by atoms with E-state index in [2.05, 4.69) is 6.58 Å². The van der Waals surface area contributed by atoms with Gasteiger partial charge < -0.3 is 4.74 Å². The second kappa shape index (κ2) is 5.50. The summed E-state index contributed by atoms with van der Waals surface area (Å²) < 4.78 is 5.38. The van der Waals surface area contributed by atoms with E-state index in [9.17, 15) is 0 Å². The molecule has 0 spiro atoms. The van der Waals surface area contributed by atoms with Crippen LogP contribution in [0.5, 0.6) is 0 Å². The van der Waals surface area contributed by atoms with Crippen LogP contribution in [-0.2, 0) is 4.74 Å². The first kappa shape index (κ1) is 12.8. The van der Waals surface area contributed by atoms with Crippen LogP contribution < -0.4 is 0 Å². The molecule has 0 saturated heterocycles. The van der Waals surface area contributed by atoms with Crippen LogP contribution in [0.3, 0.4) is 0 Å². The van der Waals surface area contributed by atoms with E-state index in [-0.39, 0.29) is 5.73 Å². The van der Waals surface area contributed by atoms with Crippen molar-refractivity contribution in [2.45, 2.75) is 26.0 Å². The van der Waals surface area contributed by atoms with E-state index < -0.39 is 6.00 Å². The lowest BCUT2D eigenvalue weighted by atomic mass is 10.4. The fourth-order valence-electron chi connectivity index (χ4n) is 0.687. The third-order valence-electron chi connectivity index (χ3n) is 1.27. The first-order valence-corrected chi connectivity index (χ1v) is 8.82. The molecule has 12 heavy (non-hydrogen) atoms. The molecule has 1 nitrogen and oxygen atoms in total. The van der Waals surface area contributed by atoms with E-state index in [1.54, 1.807) is 0 Å². The lowest BCUT2D eigenvalue weighted by Crippen LogP contribution is -2.33. The molecule has 0 saturated carbocycles. The normalized spacial score (nSPS) is 14.4.